The number of aromatic nitrogens is 2. The van der Waals surface area contributed by atoms with E-state index in [0.717, 1.165) is 30.7 Å². The molecule has 0 bridgehead atoms. The fourth-order valence-electron chi connectivity index (χ4n) is 6.73. The number of hydrogen-bond acceptors (Lipinski definition) is 6. The van der Waals surface area contributed by atoms with Gasteiger partial charge >= 0.3 is 11.9 Å². The summed E-state index contributed by atoms with van der Waals surface area (Å²) in [5.74, 6) is -2.47. The van der Waals surface area contributed by atoms with Crippen LogP contribution in [0, 0.1) is 0 Å². The van der Waals surface area contributed by atoms with Crippen LogP contribution in [-0.2, 0) is 5.54 Å². The predicted octanol–water partition coefficient (Wildman–Crippen LogP) is 10.7. The first-order valence-electron chi connectivity index (χ1n) is 19.8. The molecule has 0 aliphatic heterocycles. The van der Waals surface area contributed by atoms with Gasteiger partial charge in [0.25, 0.3) is 11.5 Å². The first kappa shape index (κ1) is 42.2. The third kappa shape index (κ3) is 13.1. The van der Waals surface area contributed by atoms with Gasteiger partial charge in [-0.05, 0) is 56.2 Å². The molecular formula is C43H58N4O6S. The maximum Gasteiger partial charge on any atom is 0.335 e. The molecule has 1 unspecified atom stereocenters. The summed E-state index contributed by atoms with van der Waals surface area (Å²) in [6.07, 6.45) is 28.9. The van der Waals surface area contributed by atoms with Gasteiger partial charge in [-0.2, -0.15) is 0 Å². The standard InChI is InChI=1S/C43H58N4O6S/c1-3-4-5-6-7-8-9-10-11-12-13-14-15-16-17-21-27-44-39(48)32-23-22-24-36(31-32)54-37-38(46-47(40(37)49)43(2)25-19-18-20-26-43)45-35-29-33(41(50)51)28-34(30-35)42(52)53/h18-20,22-25,28-31,45-46H,3-17,21,26-27H2,1-2H3,(H,44,48)(H,50,51)(H,52,53). The van der Waals surface area contributed by atoms with Crippen LogP contribution in [0.2, 0.25) is 0 Å². The Hall–Kier alpha value is -4.51. The molecule has 1 aromatic heterocycles. The van der Waals surface area contributed by atoms with Crippen molar-refractivity contribution in [1.29, 1.82) is 0 Å². The molecule has 2 aromatic carbocycles. The van der Waals surface area contributed by atoms with Gasteiger partial charge in [0.1, 0.15) is 10.7 Å². The van der Waals surface area contributed by atoms with Gasteiger partial charge < -0.3 is 20.8 Å². The highest BCUT2D eigenvalue weighted by atomic mass is 32.2. The van der Waals surface area contributed by atoms with Gasteiger partial charge in [-0.15, -0.1) is 0 Å². The van der Waals surface area contributed by atoms with Crippen LogP contribution >= 0.6 is 11.8 Å². The number of carbonyl (C=O) groups excluding carboxylic acids is 1. The number of rotatable bonds is 25. The lowest BCUT2D eigenvalue weighted by molar-refractivity contribution is 0.0696. The van der Waals surface area contributed by atoms with E-state index in [1.54, 1.807) is 18.2 Å². The van der Waals surface area contributed by atoms with Gasteiger partial charge in [-0.3, -0.25) is 14.7 Å². The average Bonchev–Trinajstić information content (AvgIpc) is 3.47. The lowest BCUT2D eigenvalue weighted by Gasteiger charge is -2.27. The number of carboxylic acid groups (broad SMARTS) is 2. The number of nitrogens with zero attached hydrogens (tertiary/aromatic N) is 1. The molecule has 0 spiro atoms. The fourth-order valence-corrected chi connectivity index (χ4v) is 7.68. The van der Waals surface area contributed by atoms with Gasteiger partial charge in [-0.1, -0.05) is 145 Å². The maximum absolute atomic E-state index is 14.0. The van der Waals surface area contributed by atoms with Gasteiger partial charge in [-0.25, -0.2) is 14.3 Å². The number of H-pyrrole nitrogens is 1. The Kier molecular flexibility index (Phi) is 17.2. The summed E-state index contributed by atoms with van der Waals surface area (Å²) < 4.78 is 1.51. The lowest BCUT2D eigenvalue weighted by atomic mass is 9.94. The minimum atomic E-state index is -1.28. The highest BCUT2D eigenvalue weighted by Crippen LogP contribution is 2.35. The number of unbranched alkanes of at least 4 members (excludes halogenated alkanes) is 15. The molecular weight excluding hydrogens is 701 g/mol. The van der Waals surface area contributed by atoms with E-state index in [9.17, 15) is 29.4 Å². The van der Waals surface area contributed by atoms with Crippen molar-refractivity contribution in [3.63, 3.8) is 0 Å². The summed E-state index contributed by atoms with van der Waals surface area (Å²) in [5.41, 5.74) is -0.775. The number of allylic oxidation sites excluding steroid dienone is 4. The average molecular weight is 759 g/mol. The molecule has 0 radical (unpaired) electrons. The summed E-state index contributed by atoms with van der Waals surface area (Å²) in [5, 5.41) is 28.4. The number of carboxylic acids is 2. The highest BCUT2D eigenvalue weighted by Gasteiger charge is 2.29. The quantitative estimate of drug-likeness (QED) is 0.0535. The van der Waals surface area contributed by atoms with E-state index in [1.165, 1.54) is 107 Å². The minimum Gasteiger partial charge on any atom is -0.478 e. The van der Waals surface area contributed by atoms with Crippen LogP contribution < -0.4 is 16.2 Å². The van der Waals surface area contributed by atoms with Crippen LogP contribution in [0.25, 0.3) is 0 Å². The molecule has 1 atom stereocenters. The Labute approximate surface area is 323 Å². The lowest BCUT2D eigenvalue weighted by Crippen LogP contribution is -2.37. The molecule has 11 heteroatoms. The Morgan fingerprint density at radius 2 is 1.35 bits per heavy atom. The van der Waals surface area contributed by atoms with Crippen molar-refractivity contribution in [3.05, 3.63) is 93.8 Å². The van der Waals surface area contributed by atoms with Crippen LogP contribution in [0.1, 0.15) is 154 Å². The first-order chi connectivity index (χ1) is 26.1. The zero-order valence-electron chi connectivity index (χ0n) is 32.0. The number of amides is 1. The van der Waals surface area contributed by atoms with Crippen molar-refractivity contribution >= 4 is 41.1 Å². The third-order valence-corrected chi connectivity index (χ3v) is 11.0. The zero-order valence-corrected chi connectivity index (χ0v) is 32.8. The van der Waals surface area contributed by atoms with Crippen LogP contribution in [0.5, 0.6) is 0 Å². The van der Waals surface area contributed by atoms with Crippen molar-refractivity contribution in [2.45, 2.75) is 138 Å². The second kappa shape index (κ2) is 22.0. The largest absolute Gasteiger partial charge is 0.478 e. The van der Waals surface area contributed by atoms with E-state index in [4.69, 9.17) is 0 Å². The molecule has 0 saturated carbocycles. The van der Waals surface area contributed by atoms with E-state index in [0.29, 0.717) is 23.4 Å². The number of benzene rings is 2. The Bertz CT molecular complexity index is 1780. The third-order valence-electron chi connectivity index (χ3n) is 9.92. The summed E-state index contributed by atoms with van der Waals surface area (Å²) >= 11 is 1.16. The number of aromatic carboxylic acids is 2. The number of hydrogen-bond donors (Lipinski definition) is 5. The SMILES string of the molecule is CCCCCCCCCCCCCCCCCCNC(=O)c1cccc(Sc2c(Nc3cc(C(=O)O)cc(C(=O)O)c3)[nH]n(C3(C)C=CC=CC3)c2=O)c1. The highest BCUT2D eigenvalue weighted by molar-refractivity contribution is 7.99. The molecule has 1 heterocycles. The van der Waals surface area contributed by atoms with Gasteiger partial charge in [0.05, 0.1) is 16.7 Å². The molecule has 0 saturated heterocycles. The van der Waals surface area contributed by atoms with Gasteiger partial charge in [0.2, 0.25) is 0 Å². The van der Waals surface area contributed by atoms with Crippen LogP contribution in [0.15, 0.2) is 81.4 Å². The first-order valence-corrected chi connectivity index (χ1v) is 20.6. The van der Waals surface area contributed by atoms with Gasteiger partial charge in [0, 0.05) is 22.7 Å². The van der Waals surface area contributed by atoms with Crippen LogP contribution in [0.4, 0.5) is 11.5 Å². The molecule has 4 rings (SSSR count). The molecule has 0 fully saturated rings. The molecule has 54 heavy (non-hydrogen) atoms. The topological polar surface area (TPSA) is 154 Å². The Morgan fingerprint density at radius 3 is 1.89 bits per heavy atom. The van der Waals surface area contributed by atoms with Crippen molar-refractivity contribution in [2.75, 3.05) is 11.9 Å². The van der Waals surface area contributed by atoms with E-state index in [2.05, 4.69) is 22.7 Å². The molecule has 3 aromatic rings. The molecule has 1 aliphatic carbocycles. The smallest absolute Gasteiger partial charge is 0.335 e. The molecule has 10 nitrogen and oxygen atoms in total. The van der Waals surface area contributed by atoms with Crippen molar-refractivity contribution in [2.24, 2.45) is 0 Å². The van der Waals surface area contributed by atoms with Crippen molar-refractivity contribution < 1.29 is 24.6 Å². The number of anilines is 2. The van der Waals surface area contributed by atoms with Crippen LogP contribution in [-0.4, -0.2) is 44.4 Å². The Balaban J connectivity index is 1.29. The minimum absolute atomic E-state index is 0.179. The van der Waals surface area contributed by atoms with Crippen molar-refractivity contribution in [3.8, 4) is 0 Å². The summed E-state index contributed by atoms with van der Waals surface area (Å²) in [6, 6.07) is 10.8. The van der Waals surface area contributed by atoms with E-state index < -0.39 is 17.5 Å². The number of aromatic amines is 1. The zero-order chi connectivity index (χ0) is 38.8. The van der Waals surface area contributed by atoms with E-state index in [1.807, 2.05) is 37.3 Å². The summed E-state index contributed by atoms with van der Waals surface area (Å²) in [6.45, 7) is 4.78. The maximum atomic E-state index is 14.0. The van der Waals surface area contributed by atoms with Crippen molar-refractivity contribution in [1.82, 2.24) is 15.1 Å². The van der Waals surface area contributed by atoms with E-state index >= 15 is 0 Å². The van der Waals surface area contributed by atoms with E-state index in [-0.39, 0.29) is 39.0 Å². The second-order valence-corrected chi connectivity index (χ2v) is 15.6. The number of nitrogens with one attached hydrogen (secondary N) is 3. The number of carbonyl (C=O) groups is 3. The molecule has 1 aliphatic rings. The second-order valence-electron chi connectivity index (χ2n) is 14.5. The Morgan fingerprint density at radius 1 is 0.778 bits per heavy atom. The molecule has 1 amide bonds. The van der Waals surface area contributed by atoms with Crippen LogP contribution in [0.3, 0.4) is 0 Å². The molecule has 5 N–H and O–H groups in total. The monoisotopic (exact) mass is 758 g/mol. The molecule has 292 valence electrons. The summed E-state index contributed by atoms with van der Waals surface area (Å²) in [7, 11) is 0. The predicted molar refractivity (Wildman–Crippen MR) is 218 cm³/mol. The van der Waals surface area contributed by atoms with Gasteiger partial charge in [0.15, 0.2) is 0 Å². The summed E-state index contributed by atoms with van der Waals surface area (Å²) in [4.78, 5) is 51.5. The normalized spacial score (nSPS) is 15.0. The fraction of sp³-hybridized carbons (Fsp3) is 0.488.